The van der Waals surface area contributed by atoms with Gasteiger partial charge in [0.2, 0.25) is 0 Å². The van der Waals surface area contributed by atoms with Crippen LogP contribution in [0, 0.1) is 6.92 Å². The van der Waals surface area contributed by atoms with Gasteiger partial charge in [-0.05, 0) is 13.3 Å². The van der Waals surface area contributed by atoms with Gasteiger partial charge in [0.15, 0.2) is 11.5 Å². The average Bonchev–Trinajstić information content (AvgIpc) is 2.81. The zero-order valence-electron chi connectivity index (χ0n) is 13.1. The van der Waals surface area contributed by atoms with Crippen molar-refractivity contribution >= 4 is 17.0 Å². The molecular weight excluding hydrogens is 266 g/mol. The van der Waals surface area contributed by atoms with E-state index in [0.717, 1.165) is 67.8 Å². The van der Waals surface area contributed by atoms with Crippen LogP contribution < -0.4 is 4.90 Å². The minimum absolute atomic E-state index is 0.755. The number of imidazole rings is 1. The number of hydrogen-bond acceptors (Lipinski definition) is 5. The highest BCUT2D eigenvalue weighted by Gasteiger charge is 2.21. The first-order valence-corrected chi connectivity index (χ1v) is 7.73. The van der Waals surface area contributed by atoms with Gasteiger partial charge in [0, 0.05) is 26.6 Å². The topological polar surface area (TPSA) is 56.1 Å². The van der Waals surface area contributed by atoms with Crippen molar-refractivity contribution in [2.75, 3.05) is 31.2 Å². The molecule has 1 aliphatic rings. The summed E-state index contributed by atoms with van der Waals surface area (Å²) < 4.78 is 7.61. The van der Waals surface area contributed by atoms with Crippen molar-refractivity contribution in [3.05, 3.63) is 11.6 Å². The molecule has 0 bridgehead atoms. The Bertz CT molecular complexity index is 631. The Balaban J connectivity index is 2.07. The Kier molecular flexibility index (Phi) is 4.05. The molecule has 6 heteroatoms. The van der Waals surface area contributed by atoms with Crippen LogP contribution in [0.1, 0.15) is 31.4 Å². The zero-order valence-corrected chi connectivity index (χ0v) is 13.1. The van der Waals surface area contributed by atoms with E-state index in [2.05, 4.69) is 33.4 Å². The van der Waals surface area contributed by atoms with Gasteiger partial charge in [0.25, 0.3) is 0 Å². The largest absolute Gasteiger partial charge is 0.378 e. The maximum Gasteiger partial charge on any atom is 0.183 e. The third-order valence-electron chi connectivity index (χ3n) is 3.98. The van der Waals surface area contributed by atoms with E-state index in [1.54, 1.807) is 0 Å². The Morgan fingerprint density at radius 2 is 1.90 bits per heavy atom. The maximum atomic E-state index is 5.44. The lowest BCUT2D eigenvalue weighted by molar-refractivity contribution is 0.122. The molecule has 0 atom stereocenters. The van der Waals surface area contributed by atoms with Gasteiger partial charge >= 0.3 is 0 Å². The Morgan fingerprint density at radius 1 is 1.14 bits per heavy atom. The summed E-state index contributed by atoms with van der Waals surface area (Å²) in [6.07, 6.45) is 3.31. The molecule has 1 saturated heterocycles. The summed E-state index contributed by atoms with van der Waals surface area (Å²) in [5.41, 5.74) is 1.87. The third-order valence-corrected chi connectivity index (χ3v) is 3.98. The number of fused-ring (bicyclic) bond motifs is 1. The lowest BCUT2D eigenvalue weighted by Gasteiger charge is -2.28. The van der Waals surface area contributed by atoms with Crippen LogP contribution in [0.15, 0.2) is 0 Å². The molecule has 3 rings (SSSR count). The number of hydrogen-bond donors (Lipinski definition) is 0. The van der Waals surface area contributed by atoms with Crippen LogP contribution in [0.4, 0.5) is 5.82 Å². The van der Waals surface area contributed by atoms with Crippen LogP contribution in [-0.2, 0) is 18.2 Å². The maximum absolute atomic E-state index is 5.44. The lowest BCUT2D eigenvalue weighted by Crippen LogP contribution is -2.37. The number of nitrogens with zero attached hydrogens (tertiary/aromatic N) is 5. The second-order valence-corrected chi connectivity index (χ2v) is 5.56. The Labute approximate surface area is 125 Å². The summed E-state index contributed by atoms with van der Waals surface area (Å²) >= 11 is 0. The minimum Gasteiger partial charge on any atom is -0.378 e. The molecular formula is C15H23N5O. The highest BCUT2D eigenvalue weighted by molar-refractivity contribution is 5.84. The molecule has 0 unspecified atom stereocenters. The highest BCUT2D eigenvalue weighted by Crippen LogP contribution is 2.25. The van der Waals surface area contributed by atoms with Gasteiger partial charge in [-0.2, -0.15) is 0 Å². The second-order valence-electron chi connectivity index (χ2n) is 5.56. The first-order valence-electron chi connectivity index (χ1n) is 7.73. The Morgan fingerprint density at radius 3 is 2.62 bits per heavy atom. The van der Waals surface area contributed by atoms with Crippen molar-refractivity contribution in [1.29, 1.82) is 0 Å². The molecule has 1 aliphatic heterocycles. The molecule has 0 aliphatic carbocycles. The van der Waals surface area contributed by atoms with Crippen LogP contribution in [-0.4, -0.2) is 45.8 Å². The molecule has 0 radical (unpaired) electrons. The molecule has 0 amide bonds. The van der Waals surface area contributed by atoms with E-state index >= 15 is 0 Å². The van der Waals surface area contributed by atoms with Crippen LogP contribution >= 0.6 is 0 Å². The highest BCUT2D eigenvalue weighted by atomic mass is 16.5. The van der Waals surface area contributed by atoms with Gasteiger partial charge in [-0.25, -0.2) is 15.0 Å². The number of morpholine rings is 1. The van der Waals surface area contributed by atoms with Gasteiger partial charge in [-0.1, -0.05) is 13.3 Å². The first-order chi connectivity index (χ1) is 10.2. The molecule has 2 aromatic rings. The summed E-state index contributed by atoms with van der Waals surface area (Å²) in [5, 5.41) is 0. The van der Waals surface area contributed by atoms with Crippen molar-refractivity contribution in [1.82, 2.24) is 19.5 Å². The predicted molar refractivity (Wildman–Crippen MR) is 82.7 cm³/mol. The van der Waals surface area contributed by atoms with Crippen molar-refractivity contribution in [3.63, 3.8) is 0 Å². The number of ether oxygens (including phenoxy) is 1. The molecule has 6 nitrogen and oxygen atoms in total. The average molecular weight is 289 g/mol. The molecule has 3 heterocycles. The first kappa shape index (κ1) is 14.3. The standard InChI is InChI=1S/C15H23N5O/c1-4-5-6-12-18-14-13(19(12)3)15(17-11(2)16-14)20-7-9-21-10-8-20/h4-10H2,1-3H3. The molecule has 0 saturated carbocycles. The van der Waals surface area contributed by atoms with Crippen molar-refractivity contribution in [2.24, 2.45) is 7.05 Å². The number of aryl methyl sites for hydroxylation is 3. The van der Waals surface area contributed by atoms with E-state index in [4.69, 9.17) is 9.72 Å². The van der Waals surface area contributed by atoms with E-state index in [9.17, 15) is 0 Å². The fourth-order valence-corrected chi connectivity index (χ4v) is 2.80. The molecule has 0 aromatic carbocycles. The third kappa shape index (κ3) is 2.72. The molecule has 0 spiro atoms. The van der Waals surface area contributed by atoms with E-state index in [-0.39, 0.29) is 0 Å². The molecule has 21 heavy (non-hydrogen) atoms. The lowest BCUT2D eigenvalue weighted by atomic mass is 10.2. The molecule has 114 valence electrons. The van der Waals surface area contributed by atoms with Gasteiger partial charge in [-0.15, -0.1) is 0 Å². The summed E-state index contributed by atoms with van der Waals surface area (Å²) in [4.78, 5) is 16.2. The quantitative estimate of drug-likeness (QED) is 0.860. The van der Waals surface area contributed by atoms with Crippen LogP contribution in [0.25, 0.3) is 11.2 Å². The molecule has 2 aromatic heterocycles. The van der Waals surface area contributed by atoms with E-state index in [1.165, 1.54) is 6.42 Å². The number of aromatic nitrogens is 4. The number of unbranched alkanes of at least 4 members (excludes halogenated alkanes) is 1. The summed E-state index contributed by atoms with van der Waals surface area (Å²) in [7, 11) is 2.07. The van der Waals surface area contributed by atoms with Gasteiger partial charge in [-0.3, -0.25) is 0 Å². The normalized spacial score (nSPS) is 15.9. The van der Waals surface area contributed by atoms with E-state index < -0.39 is 0 Å². The molecule has 1 fully saturated rings. The predicted octanol–water partition coefficient (Wildman–Crippen LogP) is 1.85. The molecule has 0 N–H and O–H groups in total. The summed E-state index contributed by atoms with van der Waals surface area (Å²) in [6, 6.07) is 0. The van der Waals surface area contributed by atoms with Crippen molar-refractivity contribution in [3.8, 4) is 0 Å². The van der Waals surface area contributed by atoms with Crippen LogP contribution in [0.5, 0.6) is 0 Å². The van der Waals surface area contributed by atoms with Crippen molar-refractivity contribution < 1.29 is 4.74 Å². The zero-order chi connectivity index (χ0) is 14.8. The van der Waals surface area contributed by atoms with Gasteiger partial charge in [0.05, 0.1) is 13.2 Å². The number of rotatable bonds is 4. The number of anilines is 1. The minimum atomic E-state index is 0.755. The van der Waals surface area contributed by atoms with Gasteiger partial charge in [0.1, 0.15) is 17.2 Å². The van der Waals surface area contributed by atoms with Gasteiger partial charge < -0.3 is 14.2 Å². The van der Waals surface area contributed by atoms with Crippen LogP contribution in [0.2, 0.25) is 0 Å². The fraction of sp³-hybridized carbons (Fsp3) is 0.667. The fourth-order valence-electron chi connectivity index (χ4n) is 2.80. The second kappa shape index (κ2) is 5.97. The smallest absolute Gasteiger partial charge is 0.183 e. The summed E-state index contributed by atoms with van der Waals surface area (Å²) in [5.74, 6) is 2.88. The summed E-state index contributed by atoms with van der Waals surface area (Å²) in [6.45, 7) is 7.40. The SMILES string of the molecule is CCCCc1nc2nc(C)nc(N3CCOCC3)c2n1C. The van der Waals surface area contributed by atoms with E-state index in [1.807, 2.05) is 6.92 Å². The van der Waals surface area contributed by atoms with Crippen molar-refractivity contribution in [2.45, 2.75) is 33.1 Å². The van der Waals surface area contributed by atoms with Crippen LogP contribution in [0.3, 0.4) is 0 Å². The van der Waals surface area contributed by atoms with E-state index in [0.29, 0.717) is 0 Å². The Hall–Kier alpha value is -1.69. The monoisotopic (exact) mass is 289 g/mol.